The number of carbonyl (C=O) groups is 2. The zero-order valence-electron chi connectivity index (χ0n) is 9.15. The van der Waals surface area contributed by atoms with Gasteiger partial charge in [0.25, 0.3) is 5.69 Å². The Bertz CT molecular complexity index is 471. The zero-order valence-corrected chi connectivity index (χ0v) is 9.15. The van der Waals surface area contributed by atoms with Crippen molar-refractivity contribution in [2.24, 2.45) is 0 Å². The molecule has 0 amide bonds. The summed E-state index contributed by atoms with van der Waals surface area (Å²) in [5, 5.41) is 28.1. The van der Waals surface area contributed by atoms with Crippen LogP contribution in [0.3, 0.4) is 0 Å². The lowest BCUT2D eigenvalue weighted by atomic mass is 10.2. The lowest BCUT2D eigenvalue weighted by Crippen LogP contribution is -2.34. The molecule has 0 bridgehead atoms. The van der Waals surface area contributed by atoms with Crippen LogP contribution in [0.2, 0.25) is 0 Å². The highest BCUT2D eigenvalue weighted by Crippen LogP contribution is 2.27. The molecule has 0 radical (unpaired) electrons. The van der Waals surface area contributed by atoms with Gasteiger partial charge in [0.2, 0.25) is 0 Å². The minimum absolute atomic E-state index is 0.0349. The van der Waals surface area contributed by atoms with Gasteiger partial charge in [0.05, 0.1) is 4.92 Å². The molecule has 0 aromatic heterocycles. The third-order valence-corrected chi connectivity index (χ3v) is 2.07. The summed E-state index contributed by atoms with van der Waals surface area (Å²) >= 11 is 0. The molecule has 18 heavy (non-hydrogen) atoms. The van der Waals surface area contributed by atoms with Gasteiger partial charge in [-0.3, -0.25) is 19.7 Å². The number of benzene rings is 1. The maximum atomic E-state index is 10.8. The first kappa shape index (κ1) is 13.4. The summed E-state index contributed by atoms with van der Waals surface area (Å²) in [6.45, 7) is -1.26. The maximum absolute atomic E-state index is 10.8. The van der Waals surface area contributed by atoms with Gasteiger partial charge in [0.1, 0.15) is 18.8 Å². The van der Waals surface area contributed by atoms with Crippen molar-refractivity contribution in [2.45, 2.75) is 0 Å². The molecular weight excluding hydrogens is 244 g/mol. The predicted molar refractivity (Wildman–Crippen MR) is 60.6 cm³/mol. The van der Waals surface area contributed by atoms with Crippen LogP contribution < -0.4 is 4.90 Å². The van der Waals surface area contributed by atoms with Gasteiger partial charge >= 0.3 is 11.9 Å². The fraction of sp³-hybridized carbons (Fsp3) is 0.200. The van der Waals surface area contributed by atoms with Crippen molar-refractivity contribution in [1.29, 1.82) is 0 Å². The Morgan fingerprint density at radius 2 is 1.67 bits per heavy atom. The van der Waals surface area contributed by atoms with E-state index in [0.717, 1.165) is 4.90 Å². The molecule has 0 aliphatic carbocycles. The van der Waals surface area contributed by atoms with Crippen molar-refractivity contribution in [1.82, 2.24) is 0 Å². The van der Waals surface area contributed by atoms with Gasteiger partial charge < -0.3 is 15.1 Å². The van der Waals surface area contributed by atoms with Gasteiger partial charge in [0.15, 0.2) is 0 Å². The van der Waals surface area contributed by atoms with Gasteiger partial charge in [0, 0.05) is 6.07 Å². The number of nitro benzene ring substituents is 1. The van der Waals surface area contributed by atoms with E-state index >= 15 is 0 Å². The normalized spacial score (nSPS) is 9.78. The number of anilines is 1. The van der Waals surface area contributed by atoms with E-state index in [0.29, 0.717) is 0 Å². The highest BCUT2D eigenvalue weighted by Gasteiger charge is 2.22. The van der Waals surface area contributed by atoms with E-state index < -0.39 is 30.0 Å². The Kier molecular flexibility index (Phi) is 4.19. The van der Waals surface area contributed by atoms with Crippen LogP contribution in [0.1, 0.15) is 0 Å². The number of nitrogens with zero attached hydrogens (tertiary/aromatic N) is 2. The summed E-state index contributed by atoms with van der Waals surface area (Å²) in [6.07, 6.45) is 0. The van der Waals surface area contributed by atoms with E-state index in [1.807, 2.05) is 0 Å². The molecule has 0 aliphatic rings. The van der Waals surface area contributed by atoms with Crippen LogP contribution >= 0.6 is 0 Å². The van der Waals surface area contributed by atoms with Crippen LogP contribution in [0.5, 0.6) is 0 Å². The Balaban J connectivity index is 3.15. The van der Waals surface area contributed by atoms with Crippen LogP contribution in [-0.4, -0.2) is 40.2 Å². The number of aliphatic carboxylic acids is 2. The highest BCUT2D eigenvalue weighted by molar-refractivity contribution is 5.81. The molecule has 0 atom stereocenters. The number of nitro groups is 1. The number of rotatable bonds is 6. The van der Waals surface area contributed by atoms with Crippen LogP contribution in [0.15, 0.2) is 24.3 Å². The van der Waals surface area contributed by atoms with Gasteiger partial charge in [-0.15, -0.1) is 0 Å². The fourth-order valence-electron chi connectivity index (χ4n) is 1.44. The second-order valence-electron chi connectivity index (χ2n) is 3.39. The molecule has 0 aliphatic heterocycles. The van der Waals surface area contributed by atoms with E-state index in [4.69, 9.17) is 10.2 Å². The lowest BCUT2D eigenvalue weighted by molar-refractivity contribution is -0.384. The van der Waals surface area contributed by atoms with E-state index in [-0.39, 0.29) is 11.4 Å². The Morgan fingerprint density at radius 1 is 1.17 bits per heavy atom. The van der Waals surface area contributed by atoms with Crippen molar-refractivity contribution < 1.29 is 24.7 Å². The minimum atomic E-state index is -1.27. The SMILES string of the molecule is O=C(O)CN(CC(=O)O)c1ccccc1[N+](=O)[O-]. The summed E-state index contributed by atoms with van der Waals surface area (Å²) < 4.78 is 0. The van der Waals surface area contributed by atoms with Crippen molar-refractivity contribution in [3.8, 4) is 0 Å². The molecule has 1 aromatic carbocycles. The van der Waals surface area contributed by atoms with E-state index in [1.165, 1.54) is 24.3 Å². The third-order valence-electron chi connectivity index (χ3n) is 2.07. The summed E-state index contributed by atoms with van der Waals surface area (Å²) in [5.41, 5.74) is -0.368. The summed E-state index contributed by atoms with van der Waals surface area (Å²) in [7, 11) is 0. The van der Waals surface area contributed by atoms with Gasteiger partial charge in [-0.25, -0.2) is 0 Å². The Labute approximate surface area is 101 Å². The molecule has 0 saturated heterocycles. The number of hydrogen-bond acceptors (Lipinski definition) is 5. The van der Waals surface area contributed by atoms with Crippen molar-refractivity contribution in [3.05, 3.63) is 34.4 Å². The van der Waals surface area contributed by atoms with E-state index in [1.54, 1.807) is 0 Å². The summed E-state index contributed by atoms with van der Waals surface area (Å²) in [6, 6.07) is 5.39. The van der Waals surface area contributed by atoms with Crippen LogP contribution in [0, 0.1) is 10.1 Å². The Hall–Kier alpha value is -2.64. The van der Waals surface area contributed by atoms with Crippen molar-refractivity contribution in [2.75, 3.05) is 18.0 Å². The molecule has 0 spiro atoms. The monoisotopic (exact) mass is 254 g/mol. The first-order chi connectivity index (χ1) is 8.41. The number of carboxylic acid groups (broad SMARTS) is 2. The van der Waals surface area contributed by atoms with Crippen molar-refractivity contribution in [3.63, 3.8) is 0 Å². The smallest absolute Gasteiger partial charge is 0.323 e. The predicted octanol–water partition coefficient (Wildman–Crippen LogP) is 0.570. The van der Waals surface area contributed by atoms with Crippen molar-refractivity contribution >= 4 is 23.3 Å². The van der Waals surface area contributed by atoms with Gasteiger partial charge in [-0.2, -0.15) is 0 Å². The molecule has 0 heterocycles. The largest absolute Gasteiger partial charge is 0.480 e. The first-order valence-electron chi connectivity index (χ1n) is 4.83. The quantitative estimate of drug-likeness (QED) is 0.562. The second kappa shape index (κ2) is 5.62. The van der Waals surface area contributed by atoms with Gasteiger partial charge in [-0.1, -0.05) is 12.1 Å². The molecule has 96 valence electrons. The number of para-hydroxylation sites is 2. The molecule has 1 aromatic rings. The number of carboxylic acids is 2. The van der Waals surface area contributed by atoms with Gasteiger partial charge in [-0.05, 0) is 6.07 Å². The Morgan fingerprint density at radius 3 is 2.11 bits per heavy atom. The number of hydrogen-bond donors (Lipinski definition) is 2. The molecule has 0 saturated carbocycles. The molecule has 1 rings (SSSR count). The average molecular weight is 254 g/mol. The highest BCUT2D eigenvalue weighted by atomic mass is 16.6. The molecule has 0 unspecified atom stereocenters. The van der Waals surface area contributed by atoms with E-state index in [2.05, 4.69) is 0 Å². The topological polar surface area (TPSA) is 121 Å². The zero-order chi connectivity index (χ0) is 13.7. The third kappa shape index (κ3) is 3.44. The summed E-state index contributed by atoms with van der Waals surface area (Å²) in [4.78, 5) is 32.3. The maximum Gasteiger partial charge on any atom is 0.323 e. The molecule has 8 heteroatoms. The van der Waals surface area contributed by atoms with Crippen LogP contribution in [0.25, 0.3) is 0 Å². The lowest BCUT2D eigenvalue weighted by Gasteiger charge is -2.20. The second-order valence-corrected chi connectivity index (χ2v) is 3.39. The molecule has 2 N–H and O–H groups in total. The summed E-state index contributed by atoms with van der Waals surface area (Å²) in [5.74, 6) is -2.54. The fourth-order valence-corrected chi connectivity index (χ4v) is 1.44. The molecule has 8 nitrogen and oxygen atoms in total. The van der Waals surface area contributed by atoms with E-state index in [9.17, 15) is 19.7 Å². The minimum Gasteiger partial charge on any atom is -0.480 e. The molecule has 0 fully saturated rings. The standard InChI is InChI=1S/C10H10N2O6/c13-9(14)5-11(6-10(15)16)7-3-1-2-4-8(7)12(17)18/h1-4H,5-6H2,(H,13,14)(H,15,16). The molecular formula is C10H10N2O6. The van der Waals surface area contributed by atoms with Crippen LogP contribution in [0.4, 0.5) is 11.4 Å². The first-order valence-corrected chi connectivity index (χ1v) is 4.83. The van der Waals surface area contributed by atoms with Crippen LogP contribution in [-0.2, 0) is 9.59 Å². The average Bonchev–Trinajstić information content (AvgIpc) is 2.26.